The van der Waals surface area contributed by atoms with E-state index in [1.807, 2.05) is 6.92 Å². The second-order valence-electron chi connectivity index (χ2n) is 1.67. The lowest BCUT2D eigenvalue weighted by molar-refractivity contribution is -0.117. The van der Waals surface area contributed by atoms with Gasteiger partial charge in [0.2, 0.25) is 5.91 Å². The van der Waals surface area contributed by atoms with E-state index in [-0.39, 0.29) is 5.91 Å². The topological polar surface area (TPSA) is 43.1 Å². The molecule has 0 saturated heterocycles. The minimum Gasteiger partial charge on any atom is -0.370 e. The fraction of sp³-hybridized carbons (Fsp3) is 0.571. The number of rotatable bonds is 2. The molecule has 0 rings (SSSR count). The first-order valence-electron chi connectivity index (χ1n) is 3.01. The Balaban J connectivity index is 3.19. The molecule has 0 spiro atoms. The summed E-state index contributed by atoms with van der Waals surface area (Å²) in [5.74, 6) is 5.38. The summed E-state index contributed by atoms with van der Waals surface area (Å²) in [6.45, 7) is 1.97. The molecule has 0 radical (unpaired) electrons. The zero-order valence-electron chi connectivity index (χ0n) is 5.61. The Bertz CT molecular complexity index is 141. The van der Waals surface area contributed by atoms with Crippen LogP contribution in [0.25, 0.3) is 0 Å². The Morgan fingerprint density at radius 2 is 2.22 bits per heavy atom. The van der Waals surface area contributed by atoms with E-state index in [0.29, 0.717) is 12.8 Å². The number of hydrogen-bond donors (Lipinski definition) is 1. The van der Waals surface area contributed by atoms with Gasteiger partial charge < -0.3 is 5.73 Å². The number of amides is 1. The van der Waals surface area contributed by atoms with E-state index in [4.69, 9.17) is 5.73 Å². The number of nitrogens with two attached hydrogens (primary N) is 1. The summed E-state index contributed by atoms with van der Waals surface area (Å²) in [6.07, 6.45) is 1.83. The highest BCUT2D eigenvalue weighted by Gasteiger charge is 1.87. The molecule has 2 heteroatoms. The average Bonchev–Trinajstić information content (AvgIpc) is 1.80. The first kappa shape index (κ1) is 8.03. The molecule has 0 atom stereocenters. The van der Waals surface area contributed by atoms with Gasteiger partial charge in [-0.05, 0) is 0 Å². The van der Waals surface area contributed by atoms with Crippen LogP contribution in [0, 0.1) is 11.8 Å². The number of carbonyl (C=O) groups is 1. The van der Waals surface area contributed by atoms with Gasteiger partial charge in [-0.3, -0.25) is 4.79 Å². The Morgan fingerprint density at radius 3 is 2.67 bits per heavy atom. The zero-order valence-corrected chi connectivity index (χ0v) is 5.61. The zero-order chi connectivity index (χ0) is 7.11. The van der Waals surface area contributed by atoms with Crippen LogP contribution >= 0.6 is 0 Å². The largest absolute Gasteiger partial charge is 0.370 e. The van der Waals surface area contributed by atoms with Gasteiger partial charge in [0.05, 0.1) is 0 Å². The van der Waals surface area contributed by atoms with Gasteiger partial charge in [0, 0.05) is 19.3 Å². The second kappa shape index (κ2) is 5.17. The maximum absolute atomic E-state index is 10.1. The van der Waals surface area contributed by atoms with Crippen LogP contribution in [0.3, 0.4) is 0 Å². The van der Waals surface area contributed by atoms with Gasteiger partial charge in [-0.2, -0.15) is 0 Å². The molecule has 0 aromatic rings. The molecule has 0 fully saturated rings. The molecule has 9 heavy (non-hydrogen) atoms. The van der Waals surface area contributed by atoms with Crippen molar-refractivity contribution in [1.82, 2.24) is 0 Å². The Labute approximate surface area is 55.4 Å². The van der Waals surface area contributed by atoms with Crippen molar-refractivity contribution < 1.29 is 4.79 Å². The molecular formula is C7H11NO. The Kier molecular flexibility index (Phi) is 4.61. The molecule has 0 unspecified atom stereocenters. The standard InChI is InChI=1S/C7H11NO/c1-2-3-4-5-6-7(8)9/h2,5-6H2,1H3,(H2,8,9). The molecule has 50 valence electrons. The van der Waals surface area contributed by atoms with Crippen molar-refractivity contribution in [3.63, 3.8) is 0 Å². The van der Waals surface area contributed by atoms with Crippen molar-refractivity contribution in [3.05, 3.63) is 0 Å². The minimum atomic E-state index is -0.277. The molecule has 0 aliphatic heterocycles. The molecule has 2 N–H and O–H groups in total. The maximum Gasteiger partial charge on any atom is 0.218 e. The lowest BCUT2D eigenvalue weighted by Gasteiger charge is -1.83. The summed E-state index contributed by atoms with van der Waals surface area (Å²) in [7, 11) is 0. The van der Waals surface area contributed by atoms with E-state index in [9.17, 15) is 4.79 Å². The summed E-state index contributed by atoms with van der Waals surface area (Å²) in [6, 6.07) is 0. The Morgan fingerprint density at radius 1 is 1.56 bits per heavy atom. The van der Waals surface area contributed by atoms with Crippen molar-refractivity contribution in [2.45, 2.75) is 26.2 Å². The molecule has 0 bridgehead atoms. The summed E-state index contributed by atoms with van der Waals surface area (Å²) in [5.41, 5.74) is 4.87. The highest BCUT2D eigenvalue weighted by atomic mass is 16.1. The van der Waals surface area contributed by atoms with Crippen LogP contribution in [0.1, 0.15) is 26.2 Å². The van der Waals surface area contributed by atoms with Crippen molar-refractivity contribution in [1.29, 1.82) is 0 Å². The van der Waals surface area contributed by atoms with Gasteiger partial charge in [0.15, 0.2) is 0 Å². The molecule has 0 saturated carbocycles. The van der Waals surface area contributed by atoms with Crippen molar-refractivity contribution in [2.75, 3.05) is 0 Å². The molecule has 1 amide bonds. The van der Waals surface area contributed by atoms with Crippen molar-refractivity contribution in [2.24, 2.45) is 5.73 Å². The minimum absolute atomic E-state index is 0.277. The van der Waals surface area contributed by atoms with Gasteiger partial charge in [-0.25, -0.2) is 0 Å². The molecular weight excluding hydrogens is 114 g/mol. The van der Waals surface area contributed by atoms with Crippen LogP contribution in [0.4, 0.5) is 0 Å². The smallest absolute Gasteiger partial charge is 0.218 e. The molecule has 0 aliphatic rings. The van der Waals surface area contributed by atoms with Crippen LogP contribution in [-0.2, 0) is 4.79 Å². The van der Waals surface area contributed by atoms with Crippen molar-refractivity contribution in [3.8, 4) is 11.8 Å². The van der Waals surface area contributed by atoms with Gasteiger partial charge in [0.1, 0.15) is 0 Å². The number of hydrogen-bond acceptors (Lipinski definition) is 1. The second-order valence-corrected chi connectivity index (χ2v) is 1.67. The average molecular weight is 125 g/mol. The maximum atomic E-state index is 10.1. The fourth-order valence-electron chi connectivity index (χ4n) is 0.399. The predicted molar refractivity (Wildman–Crippen MR) is 36.5 cm³/mol. The summed E-state index contributed by atoms with van der Waals surface area (Å²) in [5, 5.41) is 0. The van der Waals surface area contributed by atoms with Gasteiger partial charge in [-0.15, -0.1) is 11.8 Å². The third kappa shape index (κ3) is 7.03. The van der Waals surface area contributed by atoms with Gasteiger partial charge >= 0.3 is 0 Å². The van der Waals surface area contributed by atoms with Crippen LogP contribution in [0.2, 0.25) is 0 Å². The van der Waals surface area contributed by atoms with E-state index in [1.165, 1.54) is 0 Å². The molecule has 0 aliphatic carbocycles. The first-order valence-corrected chi connectivity index (χ1v) is 3.01. The summed E-state index contributed by atoms with van der Waals surface area (Å²) in [4.78, 5) is 10.1. The molecule has 2 nitrogen and oxygen atoms in total. The molecule has 0 aromatic carbocycles. The first-order chi connectivity index (χ1) is 4.27. The van der Waals surface area contributed by atoms with Gasteiger partial charge in [-0.1, -0.05) is 6.92 Å². The van der Waals surface area contributed by atoms with Crippen LogP contribution < -0.4 is 5.73 Å². The highest BCUT2D eigenvalue weighted by Crippen LogP contribution is 1.83. The van der Waals surface area contributed by atoms with E-state index < -0.39 is 0 Å². The quantitative estimate of drug-likeness (QED) is 0.541. The summed E-state index contributed by atoms with van der Waals surface area (Å²) < 4.78 is 0. The summed E-state index contributed by atoms with van der Waals surface area (Å²) >= 11 is 0. The lowest BCUT2D eigenvalue weighted by Crippen LogP contribution is -2.08. The molecule has 0 aromatic heterocycles. The van der Waals surface area contributed by atoms with Crippen LogP contribution in [-0.4, -0.2) is 5.91 Å². The monoisotopic (exact) mass is 125 g/mol. The van der Waals surface area contributed by atoms with Crippen LogP contribution in [0.5, 0.6) is 0 Å². The number of carbonyl (C=O) groups excluding carboxylic acids is 1. The van der Waals surface area contributed by atoms with E-state index in [1.54, 1.807) is 0 Å². The normalized spacial score (nSPS) is 7.67. The predicted octanol–water partition coefficient (Wildman–Crippen LogP) is 0.665. The van der Waals surface area contributed by atoms with Gasteiger partial charge in [0.25, 0.3) is 0 Å². The number of primary amides is 1. The Hall–Kier alpha value is -0.970. The third-order valence-electron chi connectivity index (χ3n) is 0.798. The SMILES string of the molecule is CCC#CCCC(N)=O. The van der Waals surface area contributed by atoms with E-state index in [2.05, 4.69) is 11.8 Å². The van der Waals surface area contributed by atoms with Crippen LogP contribution in [0.15, 0.2) is 0 Å². The van der Waals surface area contributed by atoms with Crippen molar-refractivity contribution >= 4 is 5.91 Å². The fourth-order valence-corrected chi connectivity index (χ4v) is 0.399. The third-order valence-corrected chi connectivity index (χ3v) is 0.798. The lowest BCUT2D eigenvalue weighted by atomic mass is 10.3. The van der Waals surface area contributed by atoms with E-state index in [0.717, 1.165) is 6.42 Å². The molecule has 0 heterocycles. The highest BCUT2D eigenvalue weighted by molar-refractivity contribution is 5.73. The van der Waals surface area contributed by atoms with E-state index >= 15 is 0 Å².